The zero-order chi connectivity index (χ0) is 23.9. The normalized spacial score (nSPS) is 19.4. The Balaban J connectivity index is 1.34. The maximum atomic E-state index is 13.0. The van der Waals surface area contributed by atoms with Gasteiger partial charge in [-0.1, -0.05) is 43.3 Å². The van der Waals surface area contributed by atoms with Gasteiger partial charge in [-0.2, -0.15) is 0 Å². The van der Waals surface area contributed by atoms with Crippen molar-refractivity contribution in [1.29, 1.82) is 0 Å². The van der Waals surface area contributed by atoms with Crippen LogP contribution >= 0.6 is 0 Å². The predicted octanol–water partition coefficient (Wildman–Crippen LogP) is 2.89. The molecule has 2 amide bonds. The molecule has 0 aliphatic carbocycles. The lowest BCUT2D eigenvalue weighted by molar-refractivity contribution is -0.126. The topological polar surface area (TPSA) is 65.1 Å². The number of nitrogens with one attached hydrogen (secondary N) is 1. The van der Waals surface area contributed by atoms with Crippen LogP contribution in [0.15, 0.2) is 48.5 Å². The number of piperazine rings is 1. The van der Waals surface area contributed by atoms with E-state index in [2.05, 4.69) is 40.2 Å². The van der Waals surface area contributed by atoms with E-state index in [1.807, 2.05) is 37.3 Å². The SMILES string of the molecule is CCOc1ccccc1N1CC(C(=O)NCc2ccccc2CN2CCN(CC)CC2)CC1=O. The smallest absolute Gasteiger partial charge is 0.227 e. The number of rotatable bonds is 9. The van der Waals surface area contributed by atoms with Gasteiger partial charge in [0.1, 0.15) is 5.75 Å². The maximum absolute atomic E-state index is 13.0. The van der Waals surface area contributed by atoms with E-state index in [4.69, 9.17) is 4.74 Å². The molecule has 0 spiro atoms. The quantitative estimate of drug-likeness (QED) is 0.618. The van der Waals surface area contributed by atoms with E-state index in [0.717, 1.165) is 50.5 Å². The number of carbonyl (C=O) groups is 2. The van der Waals surface area contributed by atoms with Gasteiger partial charge in [0.05, 0.1) is 18.2 Å². The third-order valence-electron chi connectivity index (χ3n) is 6.83. The molecule has 7 heteroatoms. The van der Waals surface area contributed by atoms with Crippen molar-refractivity contribution in [3.05, 3.63) is 59.7 Å². The number of hydrogen-bond acceptors (Lipinski definition) is 5. The molecule has 182 valence electrons. The number of anilines is 1. The number of nitrogens with zero attached hydrogens (tertiary/aromatic N) is 3. The molecule has 1 atom stereocenters. The Morgan fingerprint density at radius 1 is 0.971 bits per heavy atom. The third-order valence-corrected chi connectivity index (χ3v) is 6.83. The van der Waals surface area contributed by atoms with E-state index in [9.17, 15) is 9.59 Å². The summed E-state index contributed by atoms with van der Waals surface area (Å²) in [6.07, 6.45) is 0.218. The van der Waals surface area contributed by atoms with E-state index >= 15 is 0 Å². The van der Waals surface area contributed by atoms with Crippen LogP contribution in [0.2, 0.25) is 0 Å². The summed E-state index contributed by atoms with van der Waals surface area (Å²) < 4.78 is 5.69. The molecule has 0 bridgehead atoms. The molecule has 2 aromatic rings. The summed E-state index contributed by atoms with van der Waals surface area (Å²) >= 11 is 0. The Morgan fingerprint density at radius 2 is 1.65 bits per heavy atom. The average Bonchev–Trinajstić information content (AvgIpc) is 3.26. The van der Waals surface area contributed by atoms with Crippen molar-refractivity contribution in [3.63, 3.8) is 0 Å². The molecule has 2 aromatic carbocycles. The first kappa shape index (κ1) is 24.2. The van der Waals surface area contributed by atoms with Crippen LogP contribution in [0.4, 0.5) is 5.69 Å². The maximum Gasteiger partial charge on any atom is 0.227 e. The van der Waals surface area contributed by atoms with Gasteiger partial charge in [0.2, 0.25) is 11.8 Å². The Hall–Kier alpha value is -2.90. The minimum Gasteiger partial charge on any atom is -0.492 e. The number of likely N-dealkylation sites (N-methyl/N-ethyl adjacent to an activating group) is 1. The Bertz CT molecular complexity index is 987. The molecule has 0 radical (unpaired) electrons. The van der Waals surface area contributed by atoms with Gasteiger partial charge in [0, 0.05) is 52.2 Å². The van der Waals surface area contributed by atoms with Crippen LogP contribution < -0.4 is 15.0 Å². The van der Waals surface area contributed by atoms with Crippen molar-refractivity contribution < 1.29 is 14.3 Å². The van der Waals surface area contributed by atoms with Gasteiger partial charge in [-0.3, -0.25) is 14.5 Å². The minimum absolute atomic E-state index is 0.0427. The first-order chi connectivity index (χ1) is 16.6. The van der Waals surface area contributed by atoms with E-state index in [1.54, 1.807) is 4.90 Å². The number of carbonyl (C=O) groups excluding carboxylic acids is 2. The molecule has 34 heavy (non-hydrogen) atoms. The number of para-hydroxylation sites is 2. The fourth-order valence-corrected chi connectivity index (χ4v) is 4.79. The van der Waals surface area contributed by atoms with Gasteiger partial charge in [-0.05, 0) is 36.7 Å². The van der Waals surface area contributed by atoms with Crippen LogP contribution in [-0.2, 0) is 22.7 Å². The molecule has 2 aliphatic rings. The fraction of sp³-hybridized carbons (Fsp3) is 0.481. The second-order valence-corrected chi connectivity index (χ2v) is 9.00. The minimum atomic E-state index is -0.364. The van der Waals surface area contributed by atoms with Gasteiger partial charge in [0.25, 0.3) is 0 Å². The van der Waals surface area contributed by atoms with Gasteiger partial charge in [-0.15, -0.1) is 0 Å². The highest BCUT2D eigenvalue weighted by atomic mass is 16.5. The molecule has 0 saturated carbocycles. The molecule has 4 rings (SSSR count). The van der Waals surface area contributed by atoms with Crippen LogP contribution in [0.5, 0.6) is 5.75 Å². The molecule has 2 fully saturated rings. The molecule has 0 aromatic heterocycles. The first-order valence-electron chi connectivity index (χ1n) is 12.4. The molecular formula is C27H36N4O3. The zero-order valence-electron chi connectivity index (χ0n) is 20.3. The largest absolute Gasteiger partial charge is 0.492 e. The average molecular weight is 465 g/mol. The summed E-state index contributed by atoms with van der Waals surface area (Å²) in [4.78, 5) is 32.3. The molecule has 7 nitrogen and oxygen atoms in total. The lowest BCUT2D eigenvalue weighted by Gasteiger charge is -2.34. The number of ether oxygens (including phenoxy) is 1. The summed E-state index contributed by atoms with van der Waals surface area (Å²) in [5.41, 5.74) is 3.12. The highest BCUT2D eigenvalue weighted by Gasteiger charge is 2.36. The zero-order valence-corrected chi connectivity index (χ0v) is 20.3. The van der Waals surface area contributed by atoms with Crippen molar-refractivity contribution >= 4 is 17.5 Å². The highest BCUT2D eigenvalue weighted by molar-refractivity contribution is 6.01. The van der Waals surface area contributed by atoms with E-state index in [-0.39, 0.29) is 24.2 Å². The number of amides is 2. The van der Waals surface area contributed by atoms with Crippen molar-refractivity contribution in [3.8, 4) is 5.75 Å². The third kappa shape index (κ3) is 5.77. The second kappa shape index (κ2) is 11.5. The summed E-state index contributed by atoms with van der Waals surface area (Å²) in [6, 6.07) is 15.8. The predicted molar refractivity (Wildman–Crippen MR) is 134 cm³/mol. The molecule has 1 N–H and O–H groups in total. The Morgan fingerprint density at radius 3 is 2.38 bits per heavy atom. The Kier molecular flexibility index (Phi) is 8.19. The lowest BCUT2D eigenvalue weighted by atomic mass is 10.0. The van der Waals surface area contributed by atoms with Crippen LogP contribution in [0, 0.1) is 5.92 Å². The van der Waals surface area contributed by atoms with Crippen molar-refractivity contribution in [2.75, 3.05) is 50.8 Å². The monoisotopic (exact) mass is 464 g/mol. The fourth-order valence-electron chi connectivity index (χ4n) is 4.79. The van der Waals surface area contributed by atoms with Crippen LogP contribution in [0.3, 0.4) is 0 Å². The summed E-state index contributed by atoms with van der Waals surface area (Å²) in [5, 5.41) is 3.09. The molecule has 2 aliphatic heterocycles. The van der Waals surface area contributed by atoms with Gasteiger partial charge in [-0.25, -0.2) is 0 Å². The van der Waals surface area contributed by atoms with E-state index in [0.29, 0.717) is 25.4 Å². The summed E-state index contributed by atoms with van der Waals surface area (Å²) in [7, 11) is 0. The van der Waals surface area contributed by atoms with Gasteiger partial charge >= 0.3 is 0 Å². The standard InChI is InChI=1S/C27H36N4O3/c1-3-29-13-15-30(16-14-29)19-22-10-6-5-9-21(22)18-28-27(33)23-17-26(32)31(20-23)24-11-7-8-12-25(24)34-4-2/h5-12,23H,3-4,13-20H2,1-2H3,(H,28,33). The highest BCUT2D eigenvalue weighted by Crippen LogP contribution is 2.33. The van der Waals surface area contributed by atoms with Crippen molar-refractivity contribution in [1.82, 2.24) is 15.1 Å². The van der Waals surface area contributed by atoms with Crippen LogP contribution in [0.1, 0.15) is 31.4 Å². The van der Waals surface area contributed by atoms with E-state index < -0.39 is 0 Å². The Labute approximate surface area is 202 Å². The second-order valence-electron chi connectivity index (χ2n) is 9.00. The van der Waals surface area contributed by atoms with Crippen LogP contribution in [0.25, 0.3) is 0 Å². The van der Waals surface area contributed by atoms with Gasteiger partial charge in [0.15, 0.2) is 0 Å². The number of benzene rings is 2. The molecular weight excluding hydrogens is 428 g/mol. The van der Waals surface area contributed by atoms with Crippen molar-refractivity contribution in [2.24, 2.45) is 5.92 Å². The molecule has 2 saturated heterocycles. The summed E-state index contributed by atoms with van der Waals surface area (Å²) in [6.45, 7) is 11.9. The van der Waals surface area contributed by atoms with Gasteiger partial charge < -0.3 is 19.9 Å². The van der Waals surface area contributed by atoms with Crippen molar-refractivity contribution in [2.45, 2.75) is 33.4 Å². The van der Waals surface area contributed by atoms with Crippen LogP contribution in [-0.4, -0.2) is 67.5 Å². The molecule has 1 unspecified atom stereocenters. The van der Waals surface area contributed by atoms with E-state index in [1.165, 1.54) is 5.56 Å². The summed E-state index contributed by atoms with van der Waals surface area (Å²) in [5.74, 6) is 0.194. The lowest BCUT2D eigenvalue weighted by Crippen LogP contribution is -2.45. The molecule has 2 heterocycles. The first-order valence-corrected chi connectivity index (χ1v) is 12.4. The number of hydrogen-bond donors (Lipinski definition) is 1.